The molecule has 0 amide bonds. The molecule has 0 unspecified atom stereocenters. The van der Waals surface area contributed by atoms with Crippen molar-refractivity contribution < 1.29 is 0 Å². The molecule has 0 saturated heterocycles. The molecule has 0 N–H and O–H groups in total. The Morgan fingerprint density at radius 1 is 0.579 bits per heavy atom. The third-order valence-corrected chi connectivity index (χ3v) is 3.17. The van der Waals surface area contributed by atoms with Crippen LogP contribution in [0.4, 0.5) is 0 Å². The van der Waals surface area contributed by atoms with Crippen LogP contribution in [0.5, 0.6) is 0 Å². The maximum absolute atomic E-state index is 4.74. The molecule has 3 rings (SSSR count). The molecule has 1 nitrogen and oxygen atoms in total. The summed E-state index contributed by atoms with van der Waals surface area (Å²) in [5, 5.41) is 0. The van der Waals surface area contributed by atoms with Gasteiger partial charge in [-0.2, -0.15) is 0 Å². The van der Waals surface area contributed by atoms with Gasteiger partial charge in [-0.1, -0.05) is 66.2 Å². The third-order valence-electron chi connectivity index (χ3n) is 3.17. The van der Waals surface area contributed by atoms with Crippen LogP contribution in [0.15, 0.2) is 72.8 Å². The summed E-state index contributed by atoms with van der Waals surface area (Å²) >= 11 is 0. The van der Waals surface area contributed by atoms with Crippen molar-refractivity contribution in [1.29, 1.82) is 0 Å². The van der Waals surface area contributed by atoms with Gasteiger partial charge in [-0.25, -0.2) is 4.98 Å². The summed E-state index contributed by atoms with van der Waals surface area (Å²) in [4.78, 5) is 4.74. The minimum Gasteiger partial charge on any atom is -0.248 e. The van der Waals surface area contributed by atoms with Crippen LogP contribution >= 0.6 is 0 Å². The summed E-state index contributed by atoms with van der Waals surface area (Å²) < 4.78 is 0. The number of hydrogen-bond acceptors (Lipinski definition) is 1. The molecule has 0 aliphatic heterocycles. The molecule has 1 heterocycles. The summed E-state index contributed by atoms with van der Waals surface area (Å²) in [5.41, 5.74) is 5.60. The van der Waals surface area contributed by atoms with Crippen molar-refractivity contribution in [3.8, 4) is 22.5 Å². The van der Waals surface area contributed by atoms with E-state index in [1.54, 1.807) is 0 Å². The summed E-state index contributed by atoms with van der Waals surface area (Å²) in [6, 6.07) is 24.9. The van der Waals surface area contributed by atoms with Crippen molar-refractivity contribution in [3.05, 3.63) is 78.4 Å². The molecular formula is C18H15N. The smallest absolute Gasteiger partial charge is 0.0709 e. The average Bonchev–Trinajstić information content (AvgIpc) is 2.49. The molecule has 2 aromatic carbocycles. The van der Waals surface area contributed by atoms with Crippen LogP contribution in [0.3, 0.4) is 0 Å². The van der Waals surface area contributed by atoms with E-state index in [0.717, 1.165) is 22.5 Å². The predicted molar refractivity (Wildman–Crippen MR) is 79.8 cm³/mol. The SMILES string of the molecule is Cc1ccc(-c2cccc(-c3ccccc3)n2)cc1. The number of aromatic nitrogens is 1. The first-order chi connectivity index (χ1) is 9.33. The van der Waals surface area contributed by atoms with Crippen molar-refractivity contribution in [1.82, 2.24) is 4.98 Å². The Morgan fingerprint density at radius 2 is 1.16 bits per heavy atom. The van der Waals surface area contributed by atoms with Crippen molar-refractivity contribution in [2.24, 2.45) is 0 Å². The van der Waals surface area contributed by atoms with E-state index in [0.29, 0.717) is 0 Å². The Balaban J connectivity index is 2.03. The van der Waals surface area contributed by atoms with Gasteiger partial charge in [0.2, 0.25) is 0 Å². The number of nitrogens with zero attached hydrogens (tertiary/aromatic N) is 1. The highest BCUT2D eigenvalue weighted by molar-refractivity contribution is 5.66. The van der Waals surface area contributed by atoms with Crippen LogP contribution in [0, 0.1) is 6.92 Å². The van der Waals surface area contributed by atoms with Gasteiger partial charge in [-0.15, -0.1) is 0 Å². The molecule has 19 heavy (non-hydrogen) atoms. The number of hydrogen-bond donors (Lipinski definition) is 0. The Hall–Kier alpha value is -2.41. The monoisotopic (exact) mass is 245 g/mol. The quantitative estimate of drug-likeness (QED) is 0.636. The Kier molecular flexibility index (Phi) is 3.11. The molecule has 0 atom stereocenters. The molecule has 0 spiro atoms. The molecule has 1 aromatic heterocycles. The summed E-state index contributed by atoms with van der Waals surface area (Å²) in [7, 11) is 0. The molecule has 0 bridgehead atoms. The first-order valence-corrected chi connectivity index (χ1v) is 6.42. The van der Waals surface area contributed by atoms with E-state index in [1.807, 2.05) is 24.3 Å². The van der Waals surface area contributed by atoms with E-state index in [4.69, 9.17) is 4.98 Å². The highest BCUT2D eigenvalue weighted by atomic mass is 14.7. The van der Waals surface area contributed by atoms with E-state index >= 15 is 0 Å². The normalized spacial score (nSPS) is 10.4. The Labute approximate surface area is 113 Å². The zero-order valence-corrected chi connectivity index (χ0v) is 10.9. The molecule has 0 radical (unpaired) electrons. The maximum Gasteiger partial charge on any atom is 0.0709 e. The molecule has 0 fully saturated rings. The number of rotatable bonds is 2. The minimum atomic E-state index is 1.01. The topological polar surface area (TPSA) is 12.9 Å². The van der Waals surface area contributed by atoms with Gasteiger partial charge in [0.25, 0.3) is 0 Å². The fourth-order valence-corrected chi connectivity index (χ4v) is 2.09. The van der Waals surface area contributed by atoms with Gasteiger partial charge in [0.15, 0.2) is 0 Å². The van der Waals surface area contributed by atoms with Gasteiger partial charge >= 0.3 is 0 Å². The van der Waals surface area contributed by atoms with Crippen molar-refractivity contribution in [2.45, 2.75) is 6.92 Å². The summed E-state index contributed by atoms with van der Waals surface area (Å²) in [5.74, 6) is 0. The van der Waals surface area contributed by atoms with Gasteiger partial charge in [0.05, 0.1) is 11.4 Å². The summed E-state index contributed by atoms with van der Waals surface area (Å²) in [6.45, 7) is 2.09. The maximum atomic E-state index is 4.74. The molecular weight excluding hydrogens is 230 g/mol. The largest absolute Gasteiger partial charge is 0.248 e. The summed E-state index contributed by atoms with van der Waals surface area (Å²) in [6.07, 6.45) is 0. The van der Waals surface area contributed by atoms with Crippen molar-refractivity contribution in [2.75, 3.05) is 0 Å². The van der Waals surface area contributed by atoms with Gasteiger partial charge < -0.3 is 0 Å². The first-order valence-electron chi connectivity index (χ1n) is 6.42. The lowest BCUT2D eigenvalue weighted by atomic mass is 10.1. The zero-order chi connectivity index (χ0) is 13.1. The lowest BCUT2D eigenvalue weighted by molar-refractivity contribution is 1.32. The molecule has 3 aromatic rings. The Morgan fingerprint density at radius 3 is 1.79 bits per heavy atom. The molecule has 0 aliphatic carbocycles. The first kappa shape index (κ1) is 11.7. The van der Waals surface area contributed by atoms with Gasteiger partial charge in [-0.3, -0.25) is 0 Å². The predicted octanol–water partition coefficient (Wildman–Crippen LogP) is 4.72. The third kappa shape index (κ3) is 2.55. The number of pyridine rings is 1. The second-order valence-electron chi connectivity index (χ2n) is 4.64. The lowest BCUT2D eigenvalue weighted by Gasteiger charge is -2.05. The standard InChI is InChI=1S/C18H15N/c1-14-10-12-16(13-11-14)18-9-5-8-17(19-18)15-6-3-2-4-7-15/h2-13H,1H3. The number of benzene rings is 2. The van der Waals surface area contributed by atoms with Gasteiger partial charge in [-0.05, 0) is 19.1 Å². The number of aryl methyl sites for hydroxylation is 1. The molecule has 0 aliphatic rings. The second kappa shape index (κ2) is 5.07. The molecule has 0 saturated carbocycles. The van der Waals surface area contributed by atoms with Crippen molar-refractivity contribution >= 4 is 0 Å². The highest BCUT2D eigenvalue weighted by Crippen LogP contribution is 2.22. The Bertz CT molecular complexity index is 670. The van der Waals surface area contributed by atoms with E-state index in [1.165, 1.54) is 5.56 Å². The van der Waals surface area contributed by atoms with Crippen LogP contribution < -0.4 is 0 Å². The average molecular weight is 245 g/mol. The fourth-order valence-electron chi connectivity index (χ4n) is 2.09. The van der Waals surface area contributed by atoms with Crippen LogP contribution in [-0.2, 0) is 0 Å². The lowest BCUT2D eigenvalue weighted by Crippen LogP contribution is -1.87. The van der Waals surface area contributed by atoms with E-state index in [9.17, 15) is 0 Å². The van der Waals surface area contributed by atoms with Gasteiger partial charge in [0.1, 0.15) is 0 Å². The van der Waals surface area contributed by atoms with E-state index in [2.05, 4.69) is 55.5 Å². The highest BCUT2D eigenvalue weighted by Gasteiger charge is 2.02. The minimum absolute atomic E-state index is 1.01. The second-order valence-corrected chi connectivity index (χ2v) is 4.64. The van der Waals surface area contributed by atoms with Crippen molar-refractivity contribution in [3.63, 3.8) is 0 Å². The molecule has 92 valence electrons. The van der Waals surface area contributed by atoms with E-state index in [-0.39, 0.29) is 0 Å². The van der Waals surface area contributed by atoms with E-state index < -0.39 is 0 Å². The van der Waals surface area contributed by atoms with Gasteiger partial charge in [0, 0.05) is 11.1 Å². The fraction of sp³-hybridized carbons (Fsp3) is 0.0556. The van der Waals surface area contributed by atoms with Crippen LogP contribution in [0.2, 0.25) is 0 Å². The van der Waals surface area contributed by atoms with Crippen LogP contribution in [-0.4, -0.2) is 4.98 Å². The van der Waals surface area contributed by atoms with Crippen LogP contribution in [0.1, 0.15) is 5.56 Å². The van der Waals surface area contributed by atoms with Crippen LogP contribution in [0.25, 0.3) is 22.5 Å². The molecule has 1 heteroatoms. The zero-order valence-electron chi connectivity index (χ0n) is 10.9.